The topological polar surface area (TPSA) is 69.7 Å². The first-order chi connectivity index (χ1) is 14.0. The van der Waals surface area contributed by atoms with Gasteiger partial charge in [0.05, 0.1) is 11.3 Å². The maximum Gasteiger partial charge on any atom is 0.282 e. The predicted molar refractivity (Wildman–Crippen MR) is 112 cm³/mol. The normalized spacial score (nSPS) is 16.8. The third-order valence-corrected chi connectivity index (χ3v) is 5.24. The second-order valence-electron chi connectivity index (χ2n) is 7.46. The SMILES string of the molecule is CC(=O)Nc1ccc(C2=C(N3CCCC3)C(=O)N(c3cccc(C)c3)C2=O)cc1. The van der Waals surface area contributed by atoms with Gasteiger partial charge in [-0.1, -0.05) is 24.3 Å². The molecule has 0 bridgehead atoms. The summed E-state index contributed by atoms with van der Waals surface area (Å²) in [6.07, 6.45) is 2.01. The van der Waals surface area contributed by atoms with Crippen molar-refractivity contribution in [2.24, 2.45) is 0 Å². The van der Waals surface area contributed by atoms with E-state index in [1.54, 1.807) is 30.3 Å². The molecule has 2 heterocycles. The van der Waals surface area contributed by atoms with Crippen LogP contribution in [-0.4, -0.2) is 35.7 Å². The Labute approximate surface area is 169 Å². The number of hydrogen-bond donors (Lipinski definition) is 1. The Bertz CT molecular complexity index is 1020. The highest BCUT2D eigenvalue weighted by molar-refractivity contribution is 6.45. The van der Waals surface area contributed by atoms with E-state index in [0.717, 1.165) is 31.5 Å². The molecule has 148 valence electrons. The number of aryl methyl sites for hydroxylation is 1. The summed E-state index contributed by atoms with van der Waals surface area (Å²) in [4.78, 5) is 41.3. The number of carbonyl (C=O) groups excluding carboxylic acids is 3. The molecule has 1 fully saturated rings. The Morgan fingerprint density at radius 2 is 1.66 bits per heavy atom. The summed E-state index contributed by atoms with van der Waals surface area (Å²) in [5, 5.41) is 2.72. The molecular formula is C23H23N3O3. The molecule has 0 spiro atoms. The Balaban J connectivity index is 1.77. The molecule has 2 aliphatic rings. The molecule has 4 rings (SSSR count). The highest BCUT2D eigenvalue weighted by Crippen LogP contribution is 2.36. The summed E-state index contributed by atoms with van der Waals surface area (Å²) in [5.74, 6) is -0.745. The van der Waals surface area contributed by atoms with Crippen LogP contribution in [0.1, 0.15) is 30.9 Å². The molecule has 0 atom stereocenters. The van der Waals surface area contributed by atoms with E-state index in [1.807, 2.05) is 30.0 Å². The minimum Gasteiger partial charge on any atom is -0.366 e. The van der Waals surface area contributed by atoms with E-state index >= 15 is 0 Å². The largest absolute Gasteiger partial charge is 0.366 e. The van der Waals surface area contributed by atoms with Gasteiger partial charge in [-0.25, -0.2) is 4.90 Å². The Morgan fingerprint density at radius 1 is 0.966 bits per heavy atom. The van der Waals surface area contributed by atoms with E-state index in [2.05, 4.69) is 5.32 Å². The third kappa shape index (κ3) is 3.53. The number of nitrogens with zero attached hydrogens (tertiary/aromatic N) is 2. The Kier molecular flexibility index (Phi) is 4.92. The molecule has 2 aromatic rings. The maximum absolute atomic E-state index is 13.4. The molecule has 0 unspecified atom stereocenters. The van der Waals surface area contributed by atoms with Gasteiger partial charge in [0, 0.05) is 25.7 Å². The van der Waals surface area contributed by atoms with Crippen LogP contribution in [0.25, 0.3) is 5.57 Å². The van der Waals surface area contributed by atoms with Gasteiger partial charge in [0.25, 0.3) is 11.8 Å². The summed E-state index contributed by atoms with van der Waals surface area (Å²) in [6.45, 7) is 4.92. The highest BCUT2D eigenvalue weighted by atomic mass is 16.2. The summed E-state index contributed by atoms with van der Waals surface area (Å²) in [6, 6.07) is 14.5. The van der Waals surface area contributed by atoms with Crippen molar-refractivity contribution in [1.29, 1.82) is 0 Å². The van der Waals surface area contributed by atoms with Crippen molar-refractivity contribution < 1.29 is 14.4 Å². The molecule has 29 heavy (non-hydrogen) atoms. The summed E-state index contributed by atoms with van der Waals surface area (Å²) in [5.41, 5.74) is 3.79. The third-order valence-electron chi connectivity index (χ3n) is 5.24. The smallest absolute Gasteiger partial charge is 0.282 e. The van der Waals surface area contributed by atoms with Crippen molar-refractivity contribution in [2.45, 2.75) is 26.7 Å². The number of likely N-dealkylation sites (tertiary alicyclic amines) is 1. The van der Waals surface area contributed by atoms with Gasteiger partial charge in [-0.15, -0.1) is 0 Å². The molecule has 3 amide bonds. The lowest BCUT2D eigenvalue weighted by atomic mass is 10.0. The minimum absolute atomic E-state index is 0.160. The molecular weight excluding hydrogens is 366 g/mol. The van der Waals surface area contributed by atoms with E-state index in [-0.39, 0.29) is 17.7 Å². The van der Waals surface area contributed by atoms with Gasteiger partial charge in [-0.05, 0) is 55.2 Å². The van der Waals surface area contributed by atoms with Crippen LogP contribution in [0.5, 0.6) is 0 Å². The fraction of sp³-hybridized carbons (Fsp3) is 0.261. The number of amides is 3. The lowest BCUT2D eigenvalue weighted by Gasteiger charge is -2.20. The van der Waals surface area contributed by atoms with Crippen molar-refractivity contribution in [3.63, 3.8) is 0 Å². The monoisotopic (exact) mass is 389 g/mol. The fourth-order valence-corrected chi connectivity index (χ4v) is 3.94. The van der Waals surface area contributed by atoms with Gasteiger partial charge in [0.15, 0.2) is 0 Å². The van der Waals surface area contributed by atoms with Crippen LogP contribution in [-0.2, 0) is 14.4 Å². The average Bonchev–Trinajstić information content (AvgIpc) is 3.28. The van der Waals surface area contributed by atoms with Crippen molar-refractivity contribution in [2.75, 3.05) is 23.3 Å². The quantitative estimate of drug-likeness (QED) is 0.815. The van der Waals surface area contributed by atoms with E-state index < -0.39 is 0 Å². The van der Waals surface area contributed by atoms with E-state index in [4.69, 9.17) is 0 Å². The van der Waals surface area contributed by atoms with Crippen molar-refractivity contribution in [3.05, 3.63) is 65.4 Å². The van der Waals surface area contributed by atoms with Crippen LogP contribution < -0.4 is 10.2 Å². The van der Waals surface area contributed by atoms with E-state index in [9.17, 15) is 14.4 Å². The molecule has 0 saturated carbocycles. The highest BCUT2D eigenvalue weighted by Gasteiger charge is 2.42. The second kappa shape index (κ2) is 7.54. The summed E-state index contributed by atoms with van der Waals surface area (Å²) >= 11 is 0. The molecule has 0 aromatic heterocycles. The first kappa shape index (κ1) is 18.9. The Morgan fingerprint density at radius 3 is 2.28 bits per heavy atom. The predicted octanol–water partition coefficient (Wildman–Crippen LogP) is 3.33. The number of anilines is 2. The first-order valence-electron chi connectivity index (χ1n) is 9.78. The standard InChI is InChI=1S/C23H23N3O3/c1-15-6-5-7-19(14-15)26-22(28)20(21(23(26)29)25-12-3-4-13-25)17-8-10-18(11-9-17)24-16(2)27/h5-11,14H,3-4,12-13H2,1-2H3,(H,24,27). The van der Waals surface area contributed by atoms with Crippen LogP contribution in [0.3, 0.4) is 0 Å². The molecule has 1 saturated heterocycles. The zero-order valence-corrected chi connectivity index (χ0v) is 16.6. The van der Waals surface area contributed by atoms with Crippen LogP contribution in [0.4, 0.5) is 11.4 Å². The Hall–Kier alpha value is -3.41. The number of hydrogen-bond acceptors (Lipinski definition) is 4. The van der Waals surface area contributed by atoms with Crippen LogP contribution in [0, 0.1) is 6.92 Å². The number of benzene rings is 2. The van der Waals surface area contributed by atoms with Crippen LogP contribution >= 0.6 is 0 Å². The van der Waals surface area contributed by atoms with Crippen molar-refractivity contribution in [1.82, 2.24) is 4.90 Å². The van der Waals surface area contributed by atoms with Gasteiger partial charge in [0.2, 0.25) is 5.91 Å². The van der Waals surface area contributed by atoms with Gasteiger partial charge < -0.3 is 10.2 Å². The minimum atomic E-state index is -0.310. The van der Waals surface area contributed by atoms with Crippen molar-refractivity contribution in [3.8, 4) is 0 Å². The lowest BCUT2D eigenvalue weighted by Crippen LogP contribution is -2.34. The number of rotatable bonds is 4. The summed E-state index contributed by atoms with van der Waals surface area (Å²) < 4.78 is 0. The lowest BCUT2D eigenvalue weighted by molar-refractivity contribution is -0.120. The molecule has 1 N–H and O–H groups in total. The molecule has 2 aromatic carbocycles. The molecule has 6 heteroatoms. The molecule has 0 aliphatic carbocycles. The van der Waals surface area contributed by atoms with E-state index in [1.165, 1.54) is 11.8 Å². The number of carbonyl (C=O) groups is 3. The summed E-state index contributed by atoms with van der Waals surface area (Å²) in [7, 11) is 0. The number of imide groups is 1. The first-order valence-corrected chi connectivity index (χ1v) is 9.78. The second-order valence-corrected chi connectivity index (χ2v) is 7.46. The molecule has 0 radical (unpaired) electrons. The maximum atomic E-state index is 13.4. The average molecular weight is 389 g/mol. The van der Waals surface area contributed by atoms with Crippen LogP contribution in [0.2, 0.25) is 0 Å². The van der Waals surface area contributed by atoms with E-state index in [0.29, 0.717) is 28.2 Å². The van der Waals surface area contributed by atoms with Crippen LogP contribution in [0.15, 0.2) is 54.2 Å². The zero-order valence-electron chi connectivity index (χ0n) is 16.6. The fourth-order valence-electron chi connectivity index (χ4n) is 3.94. The zero-order chi connectivity index (χ0) is 20.5. The van der Waals surface area contributed by atoms with Crippen molar-refractivity contribution >= 4 is 34.7 Å². The molecule has 2 aliphatic heterocycles. The van der Waals surface area contributed by atoms with Gasteiger partial charge >= 0.3 is 0 Å². The number of nitrogens with one attached hydrogen (secondary N) is 1. The van der Waals surface area contributed by atoms with Gasteiger partial charge in [0.1, 0.15) is 5.70 Å². The van der Waals surface area contributed by atoms with Gasteiger partial charge in [-0.3, -0.25) is 14.4 Å². The van der Waals surface area contributed by atoms with Gasteiger partial charge in [-0.2, -0.15) is 0 Å². The molecule has 6 nitrogen and oxygen atoms in total.